The molecule has 3 aromatic rings. The van der Waals surface area contributed by atoms with Crippen LogP contribution in [0.5, 0.6) is 0 Å². The lowest BCUT2D eigenvalue weighted by atomic mass is 9.92. The highest BCUT2D eigenvalue weighted by atomic mass is 15.2. The van der Waals surface area contributed by atoms with E-state index in [9.17, 15) is 0 Å². The Labute approximate surface area is 149 Å². The van der Waals surface area contributed by atoms with Crippen LogP contribution in [-0.4, -0.2) is 31.2 Å². The molecule has 1 N–H and O–H groups in total. The smallest absolute Gasteiger partial charge is 0.137 e. The first-order valence-corrected chi connectivity index (χ1v) is 9.08. The predicted molar refractivity (Wildman–Crippen MR) is 106 cm³/mol. The van der Waals surface area contributed by atoms with Gasteiger partial charge in [0.25, 0.3) is 0 Å². The van der Waals surface area contributed by atoms with Gasteiger partial charge in [0.05, 0.1) is 5.52 Å². The van der Waals surface area contributed by atoms with E-state index in [1.54, 1.807) is 0 Å². The number of hydrogen-bond acceptors (Lipinski definition) is 3. The molecule has 0 atom stereocenters. The van der Waals surface area contributed by atoms with Crippen LogP contribution >= 0.6 is 0 Å². The molecule has 0 aliphatic carbocycles. The average molecular weight is 331 g/mol. The number of benzene rings is 2. The Morgan fingerprint density at radius 3 is 2.44 bits per heavy atom. The molecule has 4 rings (SSSR count). The van der Waals surface area contributed by atoms with Crippen molar-refractivity contribution in [1.29, 1.82) is 0 Å². The first kappa shape index (κ1) is 16.1. The van der Waals surface area contributed by atoms with Gasteiger partial charge in [0, 0.05) is 37.1 Å². The summed E-state index contributed by atoms with van der Waals surface area (Å²) < 4.78 is 0. The van der Waals surface area contributed by atoms with E-state index in [4.69, 9.17) is 4.98 Å². The Kier molecular flexibility index (Phi) is 4.18. The van der Waals surface area contributed by atoms with Gasteiger partial charge in [-0.05, 0) is 49.1 Å². The number of para-hydroxylation sites is 1. The van der Waals surface area contributed by atoms with Crippen LogP contribution in [-0.2, 0) is 0 Å². The maximum Gasteiger partial charge on any atom is 0.137 e. The van der Waals surface area contributed by atoms with Crippen molar-refractivity contribution in [2.24, 2.45) is 0 Å². The minimum Gasteiger partial charge on any atom is -0.354 e. The minimum absolute atomic E-state index is 1.00. The van der Waals surface area contributed by atoms with Crippen LogP contribution in [0.2, 0.25) is 0 Å². The summed E-state index contributed by atoms with van der Waals surface area (Å²) >= 11 is 0. The zero-order valence-electron chi connectivity index (χ0n) is 15.3. The molecule has 0 spiro atoms. The maximum absolute atomic E-state index is 5.10. The summed E-state index contributed by atoms with van der Waals surface area (Å²) in [6, 6.07) is 15.1. The van der Waals surface area contributed by atoms with Crippen molar-refractivity contribution < 1.29 is 0 Å². The zero-order valence-corrected chi connectivity index (χ0v) is 15.3. The number of nitrogens with zero attached hydrogens (tertiary/aromatic N) is 2. The molecule has 1 aliphatic rings. The number of fused-ring (bicyclic) bond motifs is 1. The second-order valence-corrected chi connectivity index (χ2v) is 6.94. The van der Waals surface area contributed by atoms with Gasteiger partial charge in [0.1, 0.15) is 5.82 Å². The van der Waals surface area contributed by atoms with Gasteiger partial charge in [-0.2, -0.15) is 0 Å². The van der Waals surface area contributed by atoms with E-state index in [1.807, 2.05) is 0 Å². The first-order valence-electron chi connectivity index (χ1n) is 9.08. The fourth-order valence-electron chi connectivity index (χ4n) is 3.81. The third-order valence-electron chi connectivity index (χ3n) is 5.42. The lowest BCUT2D eigenvalue weighted by Crippen LogP contribution is -2.44. The van der Waals surface area contributed by atoms with E-state index in [1.165, 1.54) is 33.2 Å². The molecule has 128 valence electrons. The molecule has 0 bridgehead atoms. The van der Waals surface area contributed by atoms with Crippen molar-refractivity contribution in [3.05, 3.63) is 59.2 Å². The van der Waals surface area contributed by atoms with E-state index in [2.05, 4.69) is 73.5 Å². The van der Waals surface area contributed by atoms with Gasteiger partial charge < -0.3 is 10.2 Å². The van der Waals surface area contributed by atoms with E-state index in [0.29, 0.717) is 0 Å². The van der Waals surface area contributed by atoms with Crippen LogP contribution in [0.15, 0.2) is 42.5 Å². The van der Waals surface area contributed by atoms with Gasteiger partial charge in [-0.3, -0.25) is 0 Å². The lowest BCUT2D eigenvalue weighted by Gasteiger charge is -2.31. The molecule has 2 aromatic carbocycles. The van der Waals surface area contributed by atoms with Crippen LogP contribution in [0, 0.1) is 20.8 Å². The number of pyridine rings is 1. The predicted octanol–water partition coefficient (Wildman–Crippen LogP) is 4.24. The van der Waals surface area contributed by atoms with Gasteiger partial charge >= 0.3 is 0 Å². The number of piperazine rings is 1. The van der Waals surface area contributed by atoms with Gasteiger partial charge in [0.15, 0.2) is 0 Å². The molecule has 3 heteroatoms. The molecule has 3 nitrogen and oxygen atoms in total. The highest BCUT2D eigenvalue weighted by molar-refractivity contribution is 5.94. The fraction of sp³-hybridized carbons (Fsp3) is 0.318. The van der Waals surface area contributed by atoms with Crippen LogP contribution in [0.1, 0.15) is 16.7 Å². The summed E-state index contributed by atoms with van der Waals surface area (Å²) in [6.07, 6.45) is 0. The van der Waals surface area contributed by atoms with Crippen LogP contribution in [0.3, 0.4) is 0 Å². The van der Waals surface area contributed by atoms with E-state index in [-0.39, 0.29) is 0 Å². The largest absolute Gasteiger partial charge is 0.354 e. The molecule has 0 unspecified atom stereocenters. The SMILES string of the molecule is Cc1cccc(-c2c(N3CCNCC3)nc3ccccc3c2C)c1C. The first-order chi connectivity index (χ1) is 12.2. The van der Waals surface area contributed by atoms with E-state index < -0.39 is 0 Å². The second kappa shape index (κ2) is 6.49. The molecule has 0 saturated carbocycles. The van der Waals surface area contributed by atoms with Crippen molar-refractivity contribution in [3.63, 3.8) is 0 Å². The fourth-order valence-corrected chi connectivity index (χ4v) is 3.81. The number of rotatable bonds is 2. The summed E-state index contributed by atoms with van der Waals surface area (Å²) in [4.78, 5) is 7.54. The summed E-state index contributed by atoms with van der Waals surface area (Å²) in [5.41, 5.74) is 7.69. The summed E-state index contributed by atoms with van der Waals surface area (Å²) in [7, 11) is 0. The molecule has 25 heavy (non-hydrogen) atoms. The van der Waals surface area contributed by atoms with Crippen LogP contribution in [0.4, 0.5) is 5.82 Å². The van der Waals surface area contributed by atoms with Crippen molar-refractivity contribution in [2.75, 3.05) is 31.1 Å². The summed E-state index contributed by atoms with van der Waals surface area (Å²) in [6.45, 7) is 10.7. The number of aromatic nitrogens is 1. The quantitative estimate of drug-likeness (QED) is 0.761. The van der Waals surface area contributed by atoms with Gasteiger partial charge in [-0.15, -0.1) is 0 Å². The van der Waals surface area contributed by atoms with Gasteiger partial charge in [-0.25, -0.2) is 4.98 Å². The molecule has 1 aromatic heterocycles. The molecule has 2 heterocycles. The third kappa shape index (κ3) is 2.79. The Balaban J connectivity index is 2.02. The molecule has 1 aliphatic heterocycles. The zero-order chi connectivity index (χ0) is 17.4. The van der Waals surface area contributed by atoms with Gasteiger partial charge in [-0.1, -0.05) is 36.4 Å². The number of nitrogens with one attached hydrogen (secondary N) is 1. The molecule has 0 amide bonds. The van der Waals surface area contributed by atoms with E-state index >= 15 is 0 Å². The molecular formula is C22H25N3. The molecule has 1 saturated heterocycles. The maximum atomic E-state index is 5.10. The topological polar surface area (TPSA) is 28.2 Å². The van der Waals surface area contributed by atoms with Crippen LogP contribution < -0.4 is 10.2 Å². The summed E-state index contributed by atoms with van der Waals surface area (Å²) in [5, 5.41) is 4.69. The Morgan fingerprint density at radius 2 is 1.64 bits per heavy atom. The normalized spacial score (nSPS) is 14.9. The number of hydrogen-bond donors (Lipinski definition) is 1. The number of anilines is 1. The molecule has 0 radical (unpaired) electrons. The summed E-state index contributed by atoms with van der Waals surface area (Å²) in [5.74, 6) is 1.13. The lowest BCUT2D eigenvalue weighted by molar-refractivity contribution is 0.586. The van der Waals surface area contributed by atoms with Crippen molar-refractivity contribution >= 4 is 16.7 Å². The van der Waals surface area contributed by atoms with Crippen molar-refractivity contribution in [2.45, 2.75) is 20.8 Å². The average Bonchev–Trinajstić information content (AvgIpc) is 2.65. The van der Waals surface area contributed by atoms with Crippen LogP contribution in [0.25, 0.3) is 22.0 Å². The van der Waals surface area contributed by atoms with Gasteiger partial charge in [0.2, 0.25) is 0 Å². The highest BCUT2D eigenvalue weighted by Crippen LogP contribution is 2.38. The number of aryl methyl sites for hydroxylation is 2. The molecular weight excluding hydrogens is 306 g/mol. The minimum atomic E-state index is 1.00. The highest BCUT2D eigenvalue weighted by Gasteiger charge is 2.21. The van der Waals surface area contributed by atoms with Crippen molar-refractivity contribution in [3.8, 4) is 11.1 Å². The Morgan fingerprint density at radius 1 is 0.880 bits per heavy atom. The monoisotopic (exact) mass is 331 g/mol. The molecule has 1 fully saturated rings. The van der Waals surface area contributed by atoms with E-state index in [0.717, 1.165) is 37.5 Å². The standard InChI is InChI=1S/C22H25N3/c1-15-7-6-9-19(16(15)2)21-17(3)18-8-4-5-10-20(18)24-22(21)25-13-11-23-12-14-25/h4-10,23H,11-14H2,1-3H3. The van der Waals surface area contributed by atoms with Crippen molar-refractivity contribution in [1.82, 2.24) is 10.3 Å². The Bertz CT molecular complexity index is 924. The Hall–Kier alpha value is -2.39. The third-order valence-corrected chi connectivity index (χ3v) is 5.42. The second-order valence-electron chi connectivity index (χ2n) is 6.94.